The fourth-order valence-corrected chi connectivity index (χ4v) is 2.43. The average Bonchev–Trinajstić information content (AvgIpc) is 2.78. The highest BCUT2D eigenvalue weighted by Crippen LogP contribution is 2.33. The van der Waals surface area contributed by atoms with Crippen molar-refractivity contribution in [2.24, 2.45) is 0 Å². The molecule has 1 aliphatic carbocycles. The lowest BCUT2D eigenvalue weighted by molar-refractivity contribution is 0.444. The summed E-state index contributed by atoms with van der Waals surface area (Å²) in [7, 11) is 0. The van der Waals surface area contributed by atoms with E-state index in [2.05, 4.69) is 21.5 Å². The Kier molecular flexibility index (Phi) is 2.12. The van der Waals surface area contributed by atoms with Gasteiger partial charge in [-0.15, -0.1) is 10.2 Å². The molecule has 15 heavy (non-hydrogen) atoms. The Balaban J connectivity index is 2.05. The lowest BCUT2D eigenvalue weighted by Gasteiger charge is -2.21. The molecule has 0 aliphatic heterocycles. The molecule has 4 nitrogen and oxygen atoms in total. The van der Waals surface area contributed by atoms with Crippen molar-refractivity contribution < 1.29 is 0 Å². The highest BCUT2D eigenvalue weighted by Gasteiger charge is 2.19. The van der Waals surface area contributed by atoms with Crippen LogP contribution in [0, 0.1) is 6.20 Å². The Morgan fingerprint density at radius 3 is 3.00 bits per heavy atom. The van der Waals surface area contributed by atoms with Crippen molar-refractivity contribution in [1.82, 2.24) is 19.8 Å². The second kappa shape index (κ2) is 3.61. The van der Waals surface area contributed by atoms with E-state index in [0.717, 1.165) is 5.65 Å². The van der Waals surface area contributed by atoms with E-state index in [1.165, 1.54) is 37.7 Å². The van der Waals surface area contributed by atoms with E-state index < -0.39 is 0 Å². The maximum Gasteiger partial charge on any atom is 0.181 e. The monoisotopic (exact) mass is 201 g/mol. The van der Waals surface area contributed by atoms with Crippen LogP contribution in [0.3, 0.4) is 0 Å². The standard InChI is InChI=1S/C11H13N4/c1-2-4-9(5-3-1)10-6-7-13-15-8-12-14-11(10)15/h6,8-9H,1-5H2. The molecule has 0 N–H and O–H groups in total. The van der Waals surface area contributed by atoms with Gasteiger partial charge in [-0.1, -0.05) is 19.3 Å². The number of aromatic nitrogens is 4. The van der Waals surface area contributed by atoms with Crippen LogP contribution in [0.1, 0.15) is 43.6 Å². The average molecular weight is 201 g/mol. The molecule has 0 amide bonds. The Labute approximate surface area is 88.3 Å². The van der Waals surface area contributed by atoms with Gasteiger partial charge in [0.25, 0.3) is 0 Å². The van der Waals surface area contributed by atoms with Gasteiger partial charge < -0.3 is 0 Å². The lowest BCUT2D eigenvalue weighted by Crippen LogP contribution is -2.07. The van der Waals surface area contributed by atoms with Crippen molar-refractivity contribution in [3.63, 3.8) is 0 Å². The first-order valence-electron chi connectivity index (χ1n) is 5.52. The minimum absolute atomic E-state index is 0.629. The smallest absolute Gasteiger partial charge is 0.181 e. The maximum absolute atomic E-state index is 4.12. The largest absolute Gasteiger partial charge is 0.200 e. The molecule has 0 saturated heterocycles. The summed E-state index contributed by atoms with van der Waals surface area (Å²) in [6.45, 7) is 0. The summed E-state index contributed by atoms with van der Waals surface area (Å²) in [5, 5.41) is 12.1. The SMILES string of the molecule is [c]1cc(C2CCCCC2)c2nncn2n1. The van der Waals surface area contributed by atoms with E-state index in [9.17, 15) is 0 Å². The van der Waals surface area contributed by atoms with Crippen molar-refractivity contribution in [3.05, 3.63) is 24.2 Å². The van der Waals surface area contributed by atoms with Gasteiger partial charge in [-0.25, -0.2) is 0 Å². The Hall–Kier alpha value is -1.45. The highest BCUT2D eigenvalue weighted by molar-refractivity contribution is 5.46. The van der Waals surface area contributed by atoms with E-state index in [4.69, 9.17) is 0 Å². The molecule has 0 bridgehead atoms. The minimum Gasteiger partial charge on any atom is -0.200 e. The molecule has 1 saturated carbocycles. The number of hydrogen-bond donors (Lipinski definition) is 0. The predicted molar refractivity (Wildman–Crippen MR) is 55.4 cm³/mol. The van der Waals surface area contributed by atoms with Crippen LogP contribution >= 0.6 is 0 Å². The van der Waals surface area contributed by atoms with Gasteiger partial charge in [0, 0.05) is 5.56 Å². The summed E-state index contributed by atoms with van der Waals surface area (Å²) in [5.41, 5.74) is 2.17. The second-order valence-corrected chi connectivity index (χ2v) is 4.16. The summed E-state index contributed by atoms with van der Waals surface area (Å²) in [4.78, 5) is 0. The minimum atomic E-state index is 0.629. The molecular formula is C11H13N4. The molecule has 0 aromatic carbocycles. The number of nitrogens with zero attached hydrogens (tertiary/aromatic N) is 4. The highest BCUT2D eigenvalue weighted by atomic mass is 15.3. The van der Waals surface area contributed by atoms with Crippen LogP contribution in [0.4, 0.5) is 0 Å². The van der Waals surface area contributed by atoms with Gasteiger partial charge in [-0.05, 0) is 24.8 Å². The molecule has 0 atom stereocenters. The van der Waals surface area contributed by atoms with E-state index in [-0.39, 0.29) is 0 Å². The van der Waals surface area contributed by atoms with Crippen molar-refractivity contribution in [3.8, 4) is 0 Å². The molecule has 1 fully saturated rings. The normalized spacial score (nSPS) is 18.4. The number of hydrogen-bond acceptors (Lipinski definition) is 3. The van der Waals surface area contributed by atoms with Crippen molar-refractivity contribution in [1.29, 1.82) is 0 Å². The van der Waals surface area contributed by atoms with Crippen LogP contribution in [0.5, 0.6) is 0 Å². The van der Waals surface area contributed by atoms with E-state index in [1.54, 1.807) is 10.8 Å². The third-order valence-electron chi connectivity index (χ3n) is 3.22. The van der Waals surface area contributed by atoms with Crippen LogP contribution in [-0.2, 0) is 0 Å². The predicted octanol–water partition coefficient (Wildman–Crippen LogP) is 1.97. The fraction of sp³-hybridized carbons (Fsp3) is 0.545. The second-order valence-electron chi connectivity index (χ2n) is 4.16. The molecule has 3 rings (SSSR count). The zero-order valence-electron chi connectivity index (χ0n) is 8.56. The van der Waals surface area contributed by atoms with Crippen molar-refractivity contribution in [2.45, 2.75) is 38.0 Å². The first-order chi connectivity index (χ1) is 7.45. The fourth-order valence-electron chi connectivity index (χ4n) is 2.43. The first kappa shape index (κ1) is 8.83. The molecule has 2 aromatic rings. The topological polar surface area (TPSA) is 43.1 Å². The van der Waals surface area contributed by atoms with E-state index in [1.807, 2.05) is 6.07 Å². The van der Waals surface area contributed by atoms with Crippen LogP contribution in [0.25, 0.3) is 5.65 Å². The van der Waals surface area contributed by atoms with Crippen LogP contribution in [-0.4, -0.2) is 19.8 Å². The summed E-state index contributed by atoms with van der Waals surface area (Å²) in [5.74, 6) is 0.629. The number of rotatable bonds is 1. The zero-order valence-corrected chi connectivity index (χ0v) is 8.56. The molecule has 0 unspecified atom stereocenters. The molecule has 1 aliphatic rings. The Morgan fingerprint density at radius 2 is 2.13 bits per heavy atom. The van der Waals surface area contributed by atoms with Gasteiger partial charge >= 0.3 is 0 Å². The summed E-state index contributed by atoms with van der Waals surface area (Å²) < 4.78 is 1.71. The molecule has 0 spiro atoms. The molecule has 1 radical (unpaired) electrons. The molecule has 2 aromatic heterocycles. The van der Waals surface area contributed by atoms with Gasteiger partial charge in [0.15, 0.2) is 5.65 Å². The van der Waals surface area contributed by atoms with Crippen LogP contribution in [0.15, 0.2) is 12.4 Å². The van der Waals surface area contributed by atoms with Crippen LogP contribution in [0.2, 0.25) is 0 Å². The summed E-state index contributed by atoms with van der Waals surface area (Å²) >= 11 is 0. The third-order valence-corrected chi connectivity index (χ3v) is 3.22. The van der Waals surface area contributed by atoms with Gasteiger partial charge in [0.1, 0.15) is 12.5 Å². The lowest BCUT2D eigenvalue weighted by atomic mass is 9.85. The molecule has 2 heterocycles. The molecule has 4 heteroatoms. The quantitative estimate of drug-likeness (QED) is 0.708. The maximum atomic E-state index is 4.12. The molecule has 77 valence electrons. The molecular weight excluding hydrogens is 188 g/mol. The van der Waals surface area contributed by atoms with E-state index in [0.29, 0.717) is 5.92 Å². The number of fused-ring (bicyclic) bond motifs is 1. The van der Waals surface area contributed by atoms with E-state index >= 15 is 0 Å². The summed E-state index contributed by atoms with van der Waals surface area (Å²) in [6, 6.07) is 1.97. The van der Waals surface area contributed by atoms with Gasteiger partial charge in [0.05, 0.1) is 0 Å². The van der Waals surface area contributed by atoms with Gasteiger partial charge in [-0.2, -0.15) is 9.61 Å². The Morgan fingerprint density at radius 1 is 1.27 bits per heavy atom. The van der Waals surface area contributed by atoms with Crippen molar-refractivity contribution >= 4 is 5.65 Å². The van der Waals surface area contributed by atoms with Crippen molar-refractivity contribution in [2.75, 3.05) is 0 Å². The summed E-state index contributed by atoms with van der Waals surface area (Å²) in [6.07, 6.45) is 11.1. The van der Waals surface area contributed by atoms with Gasteiger partial charge in [-0.3, -0.25) is 0 Å². The first-order valence-corrected chi connectivity index (χ1v) is 5.52. The Bertz CT molecular complexity index is 456. The van der Waals surface area contributed by atoms with Crippen LogP contribution < -0.4 is 0 Å². The third kappa shape index (κ3) is 1.50. The zero-order chi connectivity index (χ0) is 10.1. The van der Waals surface area contributed by atoms with Gasteiger partial charge in [0.2, 0.25) is 0 Å².